The zero-order valence-electron chi connectivity index (χ0n) is 23.6. The second-order valence-electron chi connectivity index (χ2n) is 11.1. The van der Waals surface area contributed by atoms with E-state index in [2.05, 4.69) is 119 Å². The fourth-order valence-corrected chi connectivity index (χ4v) is 6.91. The molecule has 0 saturated carbocycles. The molecule has 1 aliphatic carbocycles. The van der Waals surface area contributed by atoms with Gasteiger partial charge in [-0.1, -0.05) is 115 Å². The van der Waals surface area contributed by atoms with Crippen molar-refractivity contribution >= 4 is 16.7 Å². The summed E-state index contributed by atoms with van der Waals surface area (Å²) in [6.45, 7) is 4.58. The molecule has 6 aromatic rings. The van der Waals surface area contributed by atoms with Crippen LogP contribution in [0.2, 0.25) is 0 Å². The van der Waals surface area contributed by atoms with Crippen molar-refractivity contribution < 1.29 is 4.79 Å². The number of imidazole rings is 1. The first-order valence-corrected chi connectivity index (χ1v) is 14.7. The highest BCUT2D eigenvalue weighted by Crippen LogP contribution is 2.43. The van der Waals surface area contributed by atoms with Crippen molar-refractivity contribution in [1.29, 1.82) is 0 Å². The van der Waals surface area contributed by atoms with Crippen molar-refractivity contribution in [3.63, 3.8) is 0 Å². The summed E-state index contributed by atoms with van der Waals surface area (Å²) in [5.74, 6) is 0.0954. The maximum atomic E-state index is 14.0. The van der Waals surface area contributed by atoms with E-state index >= 15 is 0 Å². The summed E-state index contributed by atoms with van der Waals surface area (Å²) in [4.78, 5) is 19.1. The van der Waals surface area contributed by atoms with Crippen LogP contribution in [0.4, 0.5) is 0 Å². The number of Topliss-reactive ketones (excluding diaryl/α,β-unsaturated/α-hetero) is 1. The third-order valence-electron chi connectivity index (χ3n) is 8.81. The minimum Gasteiger partial charge on any atom is -0.343 e. The van der Waals surface area contributed by atoms with E-state index in [4.69, 9.17) is 4.98 Å². The molecule has 1 aliphatic rings. The quantitative estimate of drug-likeness (QED) is 0.111. The Kier molecular flexibility index (Phi) is 6.67. The fraction of sp³-hybridized carbons (Fsp3) is 0.158. The van der Waals surface area contributed by atoms with Crippen molar-refractivity contribution in [2.24, 2.45) is 5.92 Å². The van der Waals surface area contributed by atoms with Crippen LogP contribution in [0.15, 0.2) is 140 Å². The number of nitrogens with zero attached hydrogens (tertiary/aromatic N) is 3. The van der Waals surface area contributed by atoms with Crippen LogP contribution in [0.5, 0.6) is 0 Å². The highest BCUT2D eigenvalue weighted by molar-refractivity contribution is 6.09. The number of allylic oxidation sites excluding steroid dienone is 1. The Balaban J connectivity index is 1.33. The van der Waals surface area contributed by atoms with Gasteiger partial charge in [0.25, 0.3) is 0 Å². The van der Waals surface area contributed by atoms with Gasteiger partial charge in [0.2, 0.25) is 0 Å². The standard InChI is InChI=1S/C38H33N3O/c1-2-24-40-26-33(32-20-12-13-21-35(32)40)37(42)28-22-23-36-34(25-28)39-27-41(36)38(29-14-6-3-7-15-29,30-16-8-4-9-17-30)31-18-10-5-11-19-31/h2-21,26-28H,1,22-25H2. The minimum absolute atomic E-state index is 0.108. The van der Waals surface area contributed by atoms with E-state index < -0.39 is 5.54 Å². The molecule has 0 N–H and O–H groups in total. The van der Waals surface area contributed by atoms with Crippen LogP contribution >= 0.6 is 0 Å². The van der Waals surface area contributed by atoms with Gasteiger partial charge < -0.3 is 9.13 Å². The molecule has 4 nitrogen and oxygen atoms in total. The molecule has 0 radical (unpaired) electrons. The van der Waals surface area contributed by atoms with Gasteiger partial charge in [0.15, 0.2) is 5.78 Å². The van der Waals surface area contributed by atoms with Crippen molar-refractivity contribution in [2.75, 3.05) is 0 Å². The maximum absolute atomic E-state index is 14.0. The van der Waals surface area contributed by atoms with Crippen LogP contribution in [0, 0.1) is 5.92 Å². The molecule has 206 valence electrons. The summed E-state index contributed by atoms with van der Waals surface area (Å²) in [6, 6.07) is 40.3. The van der Waals surface area contributed by atoms with Gasteiger partial charge in [0.05, 0.1) is 12.0 Å². The lowest BCUT2D eigenvalue weighted by Crippen LogP contribution is -2.39. The zero-order chi connectivity index (χ0) is 28.5. The molecule has 0 saturated heterocycles. The van der Waals surface area contributed by atoms with Crippen LogP contribution in [0.25, 0.3) is 10.9 Å². The molecule has 1 unspecified atom stereocenters. The number of carbonyl (C=O) groups excluding carboxylic acids is 1. The van der Waals surface area contributed by atoms with Crippen molar-refractivity contribution in [3.05, 3.63) is 174 Å². The van der Waals surface area contributed by atoms with Gasteiger partial charge in [0, 0.05) is 47.2 Å². The van der Waals surface area contributed by atoms with Gasteiger partial charge in [-0.3, -0.25) is 4.79 Å². The third kappa shape index (κ3) is 4.14. The van der Waals surface area contributed by atoms with Gasteiger partial charge in [-0.05, 0) is 35.6 Å². The number of hydrogen-bond acceptors (Lipinski definition) is 2. The van der Waals surface area contributed by atoms with Crippen molar-refractivity contribution in [1.82, 2.24) is 14.1 Å². The lowest BCUT2D eigenvalue weighted by Gasteiger charge is -2.39. The lowest BCUT2D eigenvalue weighted by molar-refractivity contribution is 0.0908. The van der Waals surface area contributed by atoms with E-state index in [-0.39, 0.29) is 11.7 Å². The van der Waals surface area contributed by atoms with E-state index in [0.29, 0.717) is 13.0 Å². The molecule has 0 bridgehead atoms. The zero-order valence-corrected chi connectivity index (χ0v) is 23.6. The maximum Gasteiger partial charge on any atom is 0.168 e. The Morgan fingerprint density at radius 3 is 2.00 bits per heavy atom. The molecule has 2 heterocycles. The van der Waals surface area contributed by atoms with Crippen LogP contribution in [-0.4, -0.2) is 19.9 Å². The Bertz CT molecular complexity index is 1770. The highest BCUT2D eigenvalue weighted by Gasteiger charge is 2.41. The van der Waals surface area contributed by atoms with Gasteiger partial charge in [-0.2, -0.15) is 0 Å². The fourth-order valence-electron chi connectivity index (χ4n) is 6.91. The number of aromatic nitrogens is 3. The number of benzene rings is 4. The average molecular weight is 548 g/mol. The van der Waals surface area contributed by atoms with E-state index in [9.17, 15) is 4.79 Å². The van der Waals surface area contributed by atoms with Gasteiger partial charge >= 0.3 is 0 Å². The number of ketones is 1. The monoisotopic (exact) mass is 547 g/mol. The second kappa shape index (κ2) is 10.8. The molecule has 0 aliphatic heterocycles. The molecular weight excluding hydrogens is 514 g/mol. The molecular formula is C38H33N3O. The first-order valence-electron chi connectivity index (χ1n) is 14.7. The summed E-state index contributed by atoms with van der Waals surface area (Å²) in [5, 5.41) is 1.01. The average Bonchev–Trinajstić information content (AvgIpc) is 3.65. The van der Waals surface area contributed by atoms with Gasteiger partial charge in [-0.25, -0.2) is 4.98 Å². The number of fused-ring (bicyclic) bond motifs is 2. The molecule has 4 heteroatoms. The predicted octanol–water partition coefficient (Wildman–Crippen LogP) is 7.85. The molecule has 42 heavy (non-hydrogen) atoms. The largest absolute Gasteiger partial charge is 0.343 e. The summed E-state index contributed by atoms with van der Waals surface area (Å²) >= 11 is 0. The van der Waals surface area contributed by atoms with Gasteiger partial charge in [-0.15, -0.1) is 6.58 Å². The summed E-state index contributed by atoms with van der Waals surface area (Å²) < 4.78 is 4.49. The Morgan fingerprint density at radius 2 is 1.40 bits per heavy atom. The molecule has 0 fully saturated rings. The van der Waals surface area contributed by atoms with Crippen LogP contribution < -0.4 is 0 Å². The number of rotatable bonds is 8. The third-order valence-corrected chi connectivity index (χ3v) is 8.81. The Morgan fingerprint density at radius 1 is 0.833 bits per heavy atom. The van der Waals surface area contributed by atoms with Crippen LogP contribution in [0.3, 0.4) is 0 Å². The number of hydrogen-bond donors (Lipinski definition) is 0. The minimum atomic E-state index is -0.598. The van der Waals surface area contributed by atoms with E-state index in [1.807, 2.05) is 30.7 Å². The van der Waals surface area contributed by atoms with Crippen molar-refractivity contribution in [2.45, 2.75) is 31.3 Å². The Hall–Kier alpha value is -4.96. The summed E-state index contributed by atoms with van der Waals surface area (Å²) in [7, 11) is 0. The molecule has 1 atom stereocenters. The van der Waals surface area contributed by atoms with Crippen molar-refractivity contribution in [3.8, 4) is 0 Å². The summed E-state index contributed by atoms with van der Waals surface area (Å²) in [6.07, 6.45) is 8.09. The normalized spacial score (nSPS) is 14.9. The van der Waals surface area contributed by atoms with Crippen LogP contribution in [0.1, 0.15) is 44.9 Å². The molecule has 2 aromatic heterocycles. The number of carbonyl (C=O) groups is 1. The van der Waals surface area contributed by atoms with E-state index in [1.54, 1.807) is 0 Å². The summed E-state index contributed by atoms with van der Waals surface area (Å²) in [5.41, 5.74) is 7.01. The topological polar surface area (TPSA) is 39.8 Å². The van der Waals surface area contributed by atoms with E-state index in [1.165, 1.54) is 22.4 Å². The van der Waals surface area contributed by atoms with Crippen LogP contribution in [-0.2, 0) is 24.9 Å². The predicted molar refractivity (Wildman–Crippen MR) is 169 cm³/mol. The molecule has 0 spiro atoms. The molecule has 7 rings (SSSR count). The smallest absolute Gasteiger partial charge is 0.168 e. The lowest BCUT2D eigenvalue weighted by atomic mass is 9.76. The SMILES string of the molecule is C=CCn1cc(C(=O)C2CCc3c(ncn3C(c3ccccc3)(c3ccccc3)c3ccccc3)C2)c2ccccc21. The molecule has 4 aromatic carbocycles. The first-order chi connectivity index (χ1) is 20.7. The first kappa shape index (κ1) is 26.0. The second-order valence-corrected chi connectivity index (χ2v) is 11.1. The van der Waals surface area contributed by atoms with Gasteiger partial charge in [0.1, 0.15) is 5.54 Å². The molecule has 0 amide bonds. The highest BCUT2D eigenvalue weighted by atomic mass is 16.1. The van der Waals surface area contributed by atoms with E-state index in [0.717, 1.165) is 35.0 Å². The number of para-hydroxylation sites is 1. The Labute approximate surface area is 246 Å².